The molecule has 1 aliphatic heterocycles. The third kappa shape index (κ3) is 6.28. The van der Waals surface area contributed by atoms with Crippen LogP contribution in [0.3, 0.4) is 0 Å². The molecule has 0 aliphatic carbocycles. The Hall–Kier alpha value is -4.31. The average Bonchev–Trinajstić information content (AvgIpc) is 3.41. The second-order valence-electron chi connectivity index (χ2n) is 9.04. The fourth-order valence-corrected chi connectivity index (χ4v) is 4.65. The lowest BCUT2D eigenvalue weighted by atomic mass is 10.0. The lowest BCUT2D eigenvalue weighted by Gasteiger charge is -2.21. The van der Waals surface area contributed by atoms with Gasteiger partial charge < -0.3 is 10.1 Å². The van der Waals surface area contributed by atoms with Crippen molar-refractivity contribution in [1.29, 1.82) is 0 Å². The van der Waals surface area contributed by atoms with Gasteiger partial charge in [-0.05, 0) is 41.5 Å². The molecule has 0 bridgehead atoms. The van der Waals surface area contributed by atoms with E-state index >= 15 is 0 Å². The zero-order chi connectivity index (χ0) is 28.1. The first-order chi connectivity index (χ1) is 19.4. The number of benzene rings is 3. The first-order valence-corrected chi connectivity index (χ1v) is 13.2. The van der Waals surface area contributed by atoms with Crippen molar-refractivity contribution < 1.29 is 9.53 Å². The number of ether oxygens (including phenoxy) is 1. The van der Waals surface area contributed by atoms with Crippen molar-refractivity contribution in [3.8, 4) is 17.0 Å². The van der Waals surface area contributed by atoms with Crippen molar-refractivity contribution in [2.75, 3.05) is 12.1 Å². The van der Waals surface area contributed by atoms with Gasteiger partial charge in [0.25, 0.3) is 5.56 Å². The van der Waals surface area contributed by atoms with E-state index in [9.17, 15) is 9.59 Å². The molecule has 2 heterocycles. The molecule has 9 nitrogen and oxygen atoms in total. The molecule has 1 amide bonds. The van der Waals surface area contributed by atoms with Gasteiger partial charge in [-0.3, -0.25) is 24.6 Å². The molecule has 1 aliphatic rings. The molecule has 4 aromatic rings. The molecule has 0 unspecified atom stereocenters. The minimum absolute atomic E-state index is 0.299. The number of rotatable bonds is 9. The SMILES string of the molecule is COc1ccc(CNC(=O)[C@H](Cc2ccccc2)n2cnc(-c3cc(Cl)ccc3N3C=C(Cl)NN3)cc2=O)cc1. The van der Waals surface area contributed by atoms with Gasteiger partial charge in [0.15, 0.2) is 0 Å². The highest BCUT2D eigenvalue weighted by atomic mass is 35.5. The number of methoxy groups -OCH3 is 1. The fraction of sp³-hybridized carbons (Fsp3) is 0.138. The summed E-state index contributed by atoms with van der Waals surface area (Å²) in [6.45, 7) is 0.299. The molecule has 3 aromatic carbocycles. The highest BCUT2D eigenvalue weighted by molar-refractivity contribution is 6.31. The Morgan fingerprint density at radius 2 is 1.80 bits per heavy atom. The van der Waals surface area contributed by atoms with E-state index in [-0.39, 0.29) is 11.5 Å². The largest absolute Gasteiger partial charge is 0.497 e. The average molecular weight is 577 g/mol. The van der Waals surface area contributed by atoms with E-state index in [1.807, 2.05) is 54.6 Å². The minimum atomic E-state index is -0.820. The van der Waals surface area contributed by atoms with Crippen LogP contribution in [0.15, 0.2) is 101 Å². The van der Waals surface area contributed by atoms with Crippen LogP contribution in [-0.4, -0.2) is 22.6 Å². The van der Waals surface area contributed by atoms with Crippen molar-refractivity contribution in [1.82, 2.24) is 25.8 Å². The number of amides is 1. The highest BCUT2D eigenvalue weighted by Crippen LogP contribution is 2.32. The van der Waals surface area contributed by atoms with Gasteiger partial charge in [-0.15, -0.1) is 5.53 Å². The van der Waals surface area contributed by atoms with Crippen molar-refractivity contribution in [3.63, 3.8) is 0 Å². The summed E-state index contributed by atoms with van der Waals surface area (Å²) in [6.07, 6.45) is 3.37. The number of hydrogen-bond donors (Lipinski definition) is 3. The van der Waals surface area contributed by atoms with Crippen LogP contribution in [-0.2, 0) is 17.8 Å². The normalized spacial score (nSPS) is 13.4. The van der Waals surface area contributed by atoms with E-state index < -0.39 is 6.04 Å². The summed E-state index contributed by atoms with van der Waals surface area (Å²) in [5.41, 5.74) is 8.83. The number of carbonyl (C=O) groups is 1. The first-order valence-electron chi connectivity index (χ1n) is 12.4. The van der Waals surface area contributed by atoms with Gasteiger partial charge in [-0.1, -0.05) is 65.7 Å². The monoisotopic (exact) mass is 576 g/mol. The predicted molar refractivity (Wildman–Crippen MR) is 156 cm³/mol. The van der Waals surface area contributed by atoms with E-state index in [1.165, 1.54) is 17.0 Å². The standard InChI is InChI=1S/C29H26Cl2N6O3/c1-40-22-10-7-20(8-11-22)16-32-29(39)26(13-19-5-3-2-4-6-19)36-18-33-24(15-28(36)38)23-14-21(30)9-12-25(23)37-17-27(31)34-35-37/h2-12,14-15,17-18,26,34-35H,13,16H2,1H3,(H,32,39)/t26-/m0/s1. The zero-order valence-corrected chi connectivity index (χ0v) is 23.0. The maximum Gasteiger partial charge on any atom is 0.254 e. The predicted octanol–water partition coefficient (Wildman–Crippen LogP) is 4.54. The van der Waals surface area contributed by atoms with E-state index in [0.717, 1.165) is 16.9 Å². The number of halogens is 2. The van der Waals surface area contributed by atoms with E-state index in [0.29, 0.717) is 40.1 Å². The van der Waals surface area contributed by atoms with Gasteiger partial charge in [-0.25, -0.2) is 4.98 Å². The van der Waals surface area contributed by atoms with E-state index in [1.54, 1.807) is 36.5 Å². The fourth-order valence-electron chi connectivity index (χ4n) is 4.34. The van der Waals surface area contributed by atoms with Crippen molar-refractivity contribution >= 4 is 34.8 Å². The zero-order valence-electron chi connectivity index (χ0n) is 21.5. The molecule has 0 spiro atoms. The van der Waals surface area contributed by atoms with Crippen LogP contribution >= 0.6 is 23.2 Å². The molecule has 40 heavy (non-hydrogen) atoms. The molecular weight excluding hydrogens is 551 g/mol. The summed E-state index contributed by atoms with van der Waals surface area (Å²) in [4.78, 5) is 31.5. The highest BCUT2D eigenvalue weighted by Gasteiger charge is 2.24. The van der Waals surface area contributed by atoms with Gasteiger partial charge in [0.05, 0.1) is 31.0 Å². The Labute approximate surface area is 241 Å². The second-order valence-corrected chi connectivity index (χ2v) is 9.88. The molecule has 11 heteroatoms. The van der Waals surface area contributed by atoms with E-state index in [4.69, 9.17) is 27.9 Å². The summed E-state index contributed by atoms with van der Waals surface area (Å²) < 4.78 is 6.56. The van der Waals surface area contributed by atoms with Crippen LogP contribution < -0.4 is 31.6 Å². The van der Waals surface area contributed by atoms with Gasteiger partial charge in [-0.2, -0.15) is 0 Å². The second kappa shape index (κ2) is 12.3. The summed E-state index contributed by atoms with van der Waals surface area (Å²) in [6, 6.07) is 22.8. The summed E-state index contributed by atoms with van der Waals surface area (Å²) in [5, 5.41) is 5.50. The third-order valence-electron chi connectivity index (χ3n) is 6.40. The van der Waals surface area contributed by atoms with Crippen molar-refractivity contribution in [3.05, 3.63) is 123 Å². The number of nitrogens with zero attached hydrogens (tertiary/aromatic N) is 3. The van der Waals surface area contributed by atoms with Crippen LogP contribution in [0.2, 0.25) is 5.02 Å². The van der Waals surface area contributed by atoms with Crippen molar-refractivity contribution in [2.45, 2.75) is 19.0 Å². The van der Waals surface area contributed by atoms with Crippen LogP contribution in [0.1, 0.15) is 17.2 Å². The quantitative estimate of drug-likeness (QED) is 0.251. The van der Waals surface area contributed by atoms with Crippen LogP contribution in [0, 0.1) is 0 Å². The van der Waals surface area contributed by atoms with Crippen LogP contribution in [0.4, 0.5) is 5.69 Å². The summed E-state index contributed by atoms with van der Waals surface area (Å²) in [5.74, 6) is 0.431. The maximum atomic E-state index is 13.5. The molecule has 1 atom stereocenters. The van der Waals surface area contributed by atoms with E-state index in [2.05, 4.69) is 21.3 Å². The Morgan fingerprint density at radius 3 is 2.48 bits per heavy atom. The molecule has 0 saturated carbocycles. The number of anilines is 1. The lowest BCUT2D eigenvalue weighted by Crippen LogP contribution is -2.38. The van der Waals surface area contributed by atoms with Gasteiger partial charge >= 0.3 is 0 Å². The van der Waals surface area contributed by atoms with Crippen LogP contribution in [0.5, 0.6) is 5.75 Å². The number of hydrazine groups is 2. The molecule has 0 saturated heterocycles. The number of carbonyl (C=O) groups excluding carboxylic acids is 1. The molecule has 5 rings (SSSR count). The Kier molecular flexibility index (Phi) is 8.35. The molecule has 0 radical (unpaired) electrons. The van der Waals surface area contributed by atoms with Crippen LogP contribution in [0.25, 0.3) is 11.3 Å². The van der Waals surface area contributed by atoms with Crippen molar-refractivity contribution in [2.24, 2.45) is 0 Å². The third-order valence-corrected chi connectivity index (χ3v) is 6.83. The topological polar surface area (TPSA) is 101 Å². The Morgan fingerprint density at radius 1 is 1.02 bits per heavy atom. The minimum Gasteiger partial charge on any atom is -0.497 e. The van der Waals surface area contributed by atoms with Gasteiger partial charge in [0, 0.05) is 29.6 Å². The Bertz CT molecular complexity index is 1590. The number of aromatic nitrogens is 2. The van der Waals surface area contributed by atoms with Gasteiger partial charge in [0.2, 0.25) is 5.91 Å². The number of hydrogen-bond acceptors (Lipinski definition) is 7. The first kappa shape index (κ1) is 27.3. The molecule has 0 fully saturated rings. The van der Waals surface area contributed by atoms with Gasteiger partial charge in [0.1, 0.15) is 16.9 Å². The number of nitrogens with one attached hydrogen (secondary N) is 3. The summed E-state index contributed by atoms with van der Waals surface area (Å²) >= 11 is 12.3. The maximum absolute atomic E-state index is 13.5. The Balaban J connectivity index is 1.45. The lowest BCUT2D eigenvalue weighted by molar-refractivity contribution is -0.124. The smallest absolute Gasteiger partial charge is 0.254 e. The summed E-state index contributed by atoms with van der Waals surface area (Å²) in [7, 11) is 1.60. The molecule has 3 N–H and O–H groups in total. The molecule has 204 valence electrons. The molecular formula is C29H26Cl2N6O3. The molecule has 1 aromatic heterocycles.